The van der Waals surface area contributed by atoms with Gasteiger partial charge in [0.15, 0.2) is 0 Å². The summed E-state index contributed by atoms with van der Waals surface area (Å²) in [6.07, 6.45) is -0.971. The van der Waals surface area contributed by atoms with Gasteiger partial charge >= 0.3 is 5.76 Å². The molecule has 1 atom stereocenters. The van der Waals surface area contributed by atoms with Gasteiger partial charge in [-0.1, -0.05) is 18.2 Å². The minimum atomic E-state index is -0.971. The third-order valence-corrected chi connectivity index (χ3v) is 3.27. The number of benzene rings is 2. The van der Waals surface area contributed by atoms with E-state index in [1.54, 1.807) is 24.3 Å². The predicted molar refractivity (Wildman–Crippen MR) is 84.1 cm³/mol. The summed E-state index contributed by atoms with van der Waals surface area (Å²) in [4.78, 5) is 11.8. The van der Waals surface area contributed by atoms with Crippen molar-refractivity contribution in [1.29, 1.82) is 0 Å². The number of aromatic nitrogens is 2. The van der Waals surface area contributed by atoms with Crippen LogP contribution in [0.15, 0.2) is 63.8 Å². The van der Waals surface area contributed by atoms with Crippen LogP contribution >= 0.6 is 0 Å². The summed E-state index contributed by atoms with van der Waals surface area (Å²) in [7, 11) is 0. The third kappa shape index (κ3) is 3.88. The van der Waals surface area contributed by atoms with E-state index in [1.807, 2.05) is 6.07 Å². The van der Waals surface area contributed by atoms with Crippen molar-refractivity contribution in [3.05, 3.63) is 71.0 Å². The molecule has 0 fully saturated rings. The van der Waals surface area contributed by atoms with E-state index in [4.69, 9.17) is 9.15 Å². The summed E-state index contributed by atoms with van der Waals surface area (Å²) in [5.41, 5.74) is 0.672. The zero-order chi connectivity index (χ0) is 16.9. The molecule has 0 bridgehead atoms. The fourth-order valence-electron chi connectivity index (χ4n) is 2.09. The lowest BCUT2D eigenvalue weighted by Crippen LogP contribution is -2.29. The van der Waals surface area contributed by atoms with Gasteiger partial charge in [0.1, 0.15) is 24.3 Å². The van der Waals surface area contributed by atoms with Gasteiger partial charge in [0.25, 0.3) is 0 Å². The summed E-state index contributed by atoms with van der Waals surface area (Å²) in [5.74, 6) is -0.416. The van der Waals surface area contributed by atoms with Crippen LogP contribution in [0, 0.1) is 5.82 Å². The summed E-state index contributed by atoms with van der Waals surface area (Å²) in [6.45, 7) is -0.137. The summed E-state index contributed by atoms with van der Waals surface area (Å²) >= 11 is 0. The zero-order valence-electron chi connectivity index (χ0n) is 12.6. The Bertz CT molecular complexity index is 843. The average molecular weight is 330 g/mol. The van der Waals surface area contributed by atoms with Gasteiger partial charge in [-0.3, -0.25) is 0 Å². The van der Waals surface area contributed by atoms with E-state index in [1.165, 1.54) is 24.3 Å². The molecule has 0 unspecified atom stereocenters. The number of hydrogen-bond donors (Lipinski definition) is 1. The Morgan fingerprint density at radius 2 is 1.88 bits per heavy atom. The van der Waals surface area contributed by atoms with Gasteiger partial charge in [-0.2, -0.15) is 4.68 Å². The van der Waals surface area contributed by atoms with E-state index in [0.717, 1.165) is 4.68 Å². The lowest BCUT2D eigenvalue weighted by molar-refractivity contribution is 0.0875. The summed E-state index contributed by atoms with van der Waals surface area (Å²) in [5, 5.41) is 14.0. The standard InChI is InChI=1S/C17H15FN2O4/c18-13-6-8-15(9-7-13)23-11-14(21)10-20-17(22)24-16(19-20)12-4-2-1-3-5-12/h1-9,14,21H,10-11H2/t14-/m1/s1. The van der Waals surface area contributed by atoms with Crippen molar-refractivity contribution in [3.63, 3.8) is 0 Å². The van der Waals surface area contributed by atoms with Crippen LogP contribution in [0.25, 0.3) is 11.5 Å². The largest absolute Gasteiger partial charge is 0.491 e. The maximum absolute atomic E-state index is 12.8. The van der Waals surface area contributed by atoms with Gasteiger partial charge in [-0.15, -0.1) is 5.10 Å². The zero-order valence-corrected chi connectivity index (χ0v) is 12.6. The Morgan fingerprint density at radius 3 is 2.58 bits per heavy atom. The molecule has 1 aromatic heterocycles. The van der Waals surface area contributed by atoms with Crippen LogP contribution in [0.5, 0.6) is 5.75 Å². The molecule has 1 heterocycles. The highest BCUT2D eigenvalue weighted by molar-refractivity contribution is 5.51. The molecule has 6 nitrogen and oxygen atoms in total. The molecule has 0 saturated carbocycles. The predicted octanol–water partition coefficient (Wildman–Crippen LogP) is 2.08. The molecule has 0 amide bonds. The van der Waals surface area contributed by atoms with Crippen LogP contribution in [-0.2, 0) is 6.54 Å². The maximum Gasteiger partial charge on any atom is 0.437 e. The molecule has 2 aromatic carbocycles. The number of aliphatic hydroxyl groups is 1. The molecule has 0 aliphatic carbocycles. The second-order valence-electron chi connectivity index (χ2n) is 5.14. The van der Waals surface area contributed by atoms with Gasteiger partial charge in [0, 0.05) is 5.56 Å². The number of ether oxygens (including phenoxy) is 1. The monoisotopic (exact) mass is 330 g/mol. The quantitative estimate of drug-likeness (QED) is 0.749. The second kappa shape index (κ2) is 7.10. The lowest BCUT2D eigenvalue weighted by Gasteiger charge is -2.11. The van der Waals surface area contributed by atoms with Gasteiger partial charge in [-0.05, 0) is 36.4 Å². The highest BCUT2D eigenvalue weighted by Gasteiger charge is 2.14. The van der Waals surface area contributed by atoms with Crippen LogP contribution in [0.4, 0.5) is 4.39 Å². The summed E-state index contributed by atoms with van der Waals surface area (Å²) < 4.78 is 24.3. The fourth-order valence-corrected chi connectivity index (χ4v) is 2.09. The van der Waals surface area contributed by atoms with Crippen LogP contribution < -0.4 is 10.5 Å². The molecule has 0 spiro atoms. The number of aliphatic hydroxyl groups excluding tert-OH is 1. The Kier molecular flexibility index (Phi) is 4.72. The number of rotatable bonds is 6. The second-order valence-corrected chi connectivity index (χ2v) is 5.14. The van der Waals surface area contributed by atoms with Crippen LogP contribution in [-0.4, -0.2) is 27.6 Å². The number of hydrogen-bond acceptors (Lipinski definition) is 5. The Labute approximate surface area is 136 Å². The molecule has 3 rings (SSSR count). The van der Waals surface area contributed by atoms with Crippen molar-refractivity contribution in [3.8, 4) is 17.2 Å². The van der Waals surface area contributed by atoms with Crippen molar-refractivity contribution in [1.82, 2.24) is 9.78 Å². The molecule has 0 saturated heterocycles. The fraction of sp³-hybridized carbons (Fsp3) is 0.176. The van der Waals surface area contributed by atoms with Crippen molar-refractivity contribution in [2.24, 2.45) is 0 Å². The summed E-state index contributed by atoms with van der Waals surface area (Å²) in [6, 6.07) is 14.4. The molecule has 24 heavy (non-hydrogen) atoms. The van der Waals surface area contributed by atoms with Gasteiger partial charge in [0.05, 0.1) is 6.54 Å². The first kappa shape index (κ1) is 15.9. The minimum Gasteiger partial charge on any atom is -0.491 e. The number of halogens is 1. The van der Waals surface area contributed by atoms with Gasteiger partial charge in [0.2, 0.25) is 5.89 Å². The highest BCUT2D eigenvalue weighted by Crippen LogP contribution is 2.14. The molecular weight excluding hydrogens is 315 g/mol. The lowest BCUT2D eigenvalue weighted by atomic mass is 10.2. The number of nitrogens with zero attached hydrogens (tertiary/aromatic N) is 2. The van der Waals surface area contributed by atoms with Gasteiger partial charge in [-0.25, -0.2) is 9.18 Å². The highest BCUT2D eigenvalue weighted by atomic mass is 19.1. The Balaban J connectivity index is 1.62. The molecule has 0 aliphatic heterocycles. The normalized spacial score (nSPS) is 12.1. The molecular formula is C17H15FN2O4. The first-order chi connectivity index (χ1) is 11.6. The first-order valence-corrected chi connectivity index (χ1v) is 7.31. The van der Waals surface area contributed by atoms with E-state index in [-0.39, 0.29) is 24.9 Å². The third-order valence-electron chi connectivity index (χ3n) is 3.27. The first-order valence-electron chi connectivity index (χ1n) is 7.31. The molecule has 124 valence electrons. The van der Waals surface area contributed by atoms with Crippen molar-refractivity contribution >= 4 is 0 Å². The van der Waals surface area contributed by atoms with Crippen LogP contribution in [0.1, 0.15) is 0 Å². The van der Waals surface area contributed by atoms with Gasteiger partial charge < -0.3 is 14.3 Å². The minimum absolute atomic E-state index is 0.0639. The Hall–Kier alpha value is -2.93. The molecule has 7 heteroatoms. The SMILES string of the molecule is O=c1oc(-c2ccccc2)nn1C[C@@H](O)COc1ccc(F)cc1. The van der Waals surface area contributed by atoms with Crippen LogP contribution in [0.3, 0.4) is 0 Å². The van der Waals surface area contributed by atoms with Crippen molar-refractivity contribution < 1.29 is 18.7 Å². The van der Waals surface area contributed by atoms with Crippen molar-refractivity contribution in [2.75, 3.05) is 6.61 Å². The van der Waals surface area contributed by atoms with Crippen LogP contribution in [0.2, 0.25) is 0 Å². The van der Waals surface area contributed by atoms with E-state index in [9.17, 15) is 14.3 Å². The molecule has 3 aromatic rings. The Morgan fingerprint density at radius 1 is 1.17 bits per heavy atom. The molecule has 0 aliphatic rings. The smallest absolute Gasteiger partial charge is 0.437 e. The molecule has 1 N–H and O–H groups in total. The topological polar surface area (TPSA) is 77.5 Å². The van der Waals surface area contributed by atoms with E-state index in [0.29, 0.717) is 11.3 Å². The van der Waals surface area contributed by atoms with E-state index in [2.05, 4.69) is 5.10 Å². The van der Waals surface area contributed by atoms with E-state index >= 15 is 0 Å². The average Bonchev–Trinajstić information content (AvgIpc) is 2.96. The van der Waals surface area contributed by atoms with E-state index < -0.39 is 11.9 Å². The molecule has 0 radical (unpaired) electrons. The maximum atomic E-state index is 12.8. The van der Waals surface area contributed by atoms with Crippen molar-refractivity contribution in [2.45, 2.75) is 12.6 Å².